The van der Waals surface area contributed by atoms with Crippen molar-refractivity contribution in [3.8, 4) is 0 Å². The summed E-state index contributed by atoms with van der Waals surface area (Å²) in [6.45, 7) is 0. The first kappa shape index (κ1) is 24.9. The Balaban J connectivity index is 0. The average Bonchev–Trinajstić information content (AvgIpc) is 0. The van der Waals surface area contributed by atoms with Crippen molar-refractivity contribution in [2.75, 3.05) is 0 Å². The summed E-state index contributed by atoms with van der Waals surface area (Å²) in [6.07, 6.45) is 0. The fraction of sp³-hybridized carbons (Fsp3) is 0. The molecule has 0 aliphatic heterocycles. The summed E-state index contributed by atoms with van der Waals surface area (Å²) in [6, 6.07) is 0. The third-order valence-corrected chi connectivity index (χ3v) is 0. The molecule has 0 N–H and O–H groups in total. The Morgan fingerprint density at radius 1 is 1.25 bits per heavy atom. The molecule has 0 spiro atoms. The fourth-order valence-electron chi connectivity index (χ4n) is 0. The molecule has 0 nitrogen and oxygen atoms in total. The largest absolute Gasteiger partial charge is 2.00 e. The predicted octanol–water partition coefficient (Wildman–Crippen LogP) is -2.47. The Kier molecular flexibility index (Phi) is 98.3. The molecule has 0 radical (unpaired) electrons. The Bertz CT molecular complexity index is 14.9. The molecule has 0 aromatic carbocycles. The van der Waals surface area contributed by atoms with Crippen LogP contribution in [0.15, 0.2) is 0 Å². The van der Waals surface area contributed by atoms with Crippen molar-refractivity contribution < 1.29 is 77.9 Å². The van der Waals surface area contributed by atoms with Crippen molar-refractivity contribution >= 4 is 61.3 Å². The molecule has 0 rings (SSSR count). The van der Waals surface area contributed by atoms with Crippen molar-refractivity contribution in [3.05, 3.63) is 0 Å². The van der Waals surface area contributed by atoms with Gasteiger partial charge in [-0.15, -0.1) is 12.4 Å². The van der Waals surface area contributed by atoms with E-state index in [0.717, 1.165) is 0 Å². The van der Waals surface area contributed by atoms with Gasteiger partial charge in [0.05, 0.1) is 0 Å². The van der Waals surface area contributed by atoms with E-state index in [1.165, 1.54) is 0 Å². The van der Waals surface area contributed by atoms with Crippen molar-refractivity contribution in [1.29, 1.82) is 0 Å². The minimum absolute atomic E-state index is 0. The van der Waals surface area contributed by atoms with Crippen LogP contribution in [0.2, 0.25) is 0 Å². The minimum atomic E-state index is 0. The van der Waals surface area contributed by atoms with Gasteiger partial charge in [0.15, 0.2) is 0 Å². The van der Waals surface area contributed by atoms with E-state index >= 15 is 0 Å². The maximum atomic E-state index is 0. The molecule has 0 aromatic heterocycles. The van der Waals surface area contributed by atoms with Crippen LogP contribution in [-0.2, 0) is 0 Å². The normalized spacial score (nSPS) is 0. The van der Waals surface area contributed by atoms with E-state index < -0.39 is 0 Å². The van der Waals surface area contributed by atoms with Gasteiger partial charge < -0.3 is 4.28 Å². The zero-order valence-corrected chi connectivity index (χ0v) is 14.1. The quantitative estimate of drug-likeness (QED) is 0.432. The van der Waals surface area contributed by atoms with Gasteiger partial charge in [0.25, 0.3) is 0 Å². The van der Waals surface area contributed by atoms with Crippen LogP contribution in [0.3, 0.4) is 0 Å². The summed E-state index contributed by atoms with van der Waals surface area (Å²) >= 11 is 0. The maximum absolute atomic E-state index is 0. The smallest absolute Gasteiger partial charge is 1.00 e. The first-order valence-corrected chi connectivity index (χ1v) is 0. The van der Waals surface area contributed by atoms with Gasteiger partial charge in [-0.3, -0.25) is 4.70 Å². The van der Waals surface area contributed by atoms with Gasteiger partial charge in [0, 0.05) is 0 Å². The third kappa shape index (κ3) is 9.28. The third-order valence-electron chi connectivity index (χ3n) is 0. The van der Waals surface area contributed by atoms with E-state index in [0.29, 0.717) is 0 Å². The Morgan fingerprint density at radius 2 is 1.25 bits per heavy atom. The first-order valence-electron chi connectivity index (χ1n) is 0. The summed E-state index contributed by atoms with van der Waals surface area (Å²) in [7, 11) is 0. The second-order valence-electron chi connectivity index (χ2n) is 0. The standard InChI is InChI=1S/Ba.ClH.Cs.FH.3H/h;1H;;1H;;;/q+2;;+1;;3*-1. The molecule has 0 aromatic rings. The van der Waals surface area contributed by atoms with Crippen LogP contribution in [0.5, 0.6) is 0 Å². The average molecular weight is 330 g/mol. The van der Waals surface area contributed by atoms with Gasteiger partial charge in [-0.05, 0) is 0 Å². The summed E-state index contributed by atoms with van der Waals surface area (Å²) in [5.74, 6) is 0. The minimum Gasteiger partial charge on any atom is -1.00 e. The zero-order valence-electron chi connectivity index (χ0n) is 5.52. The van der Waals surface area contributed by atoms with Crippen LogP contribution in [0.4, 0.5) is 4.70 Å². The van der Waals surface area contributed by atoms with Crippen LogP contribution in [0.1, 0.15) is 4.28 Å². The van der Waals surface area contributed by atoms with Crippen LogP contribution in [0.25, 0.3) is 0 Å². The van der Waals surface area contributed by atoms with E-state index in [9.17, 15) is 0 Å². The molecule has 4 heteroatoms. The molecule has 22 valence electrons. The second kappa shape index (κ2) is 15.8. The second-order valence-corrected chi connectivity index (χ2v) is 0. The van der Waals surface area contributed by atoms with Gasteiger partial charge in [-0.25, -0.2) is 0 Å². The molecule has 0 unspecified atom stereocenters. The SMILES string of the molecule is Cl.F.[Ba+2].[Cs+].[H-].[H-].[H-]. The first-order chi connectivity index (χ1) is 0. The monoisotopic (exact) mass is 330 g/mol. The van der Waals surface area contributed by atoms with Gasteiger partial charge in [-0.2, -0.15) is 0 Å². The van der Waals surface area contributed by atoms with E-state index in [1.807, 2.05) is 0 Å². The van der Waals surface area contributed by atoms with Crippen molar-refractivity contribution in [1.82, 2.24) is 0 Å². The van der Waals surface area contributed by atoms with Crippen molar-refractivity contribution in [2.45, 2.75) is 0 Å². The summed E-state index contributed by atoms with van der Waals surface area (Å²) in [4.78, 5) is 0. The summed E-state index contributed by atoms with van der Waals surface area (Å²) < 4.78 is 0. The van der Waals surface area contributed by atoms with Gasteiger partial charge in [-0.1, -0.05) is 0 Å². The van der Waals surface area contributed by atoms with Crippen LogP contribution >= 0.6 is 12.4 Å². The van der Waals surface area contributed by atoms with Gasteiger partial charge >= 0.3 is 118 Å². The van der Waals surface area contributed by atoms with E-state index in [-0.39, 0.29) is 139 Å². The molecule has 0 fully saturated rings. The molecule has 0 saturated carbocycles. The van der Waals surface area contributed by atoms with E-state index in [2.05, 4.69) is 0 Å². The summed E-state index contributed by atoms with van der Waals surface area (Å²) in [5, 5.41) is 0. The fourth-order valence-corrected chi connectivity index (χ4v) is 0. The van der Waals surface area contributed by atoms with Gasteiger partial charge in [0.1, 0.15) is 0 Å². The molecular formula is H5BaClCsF. The molecule has 0 bridgehead atoms. The number of halogens is 2. The Labute approximate surface area is 135 Å². The number of rotatable bonds is 0. The maximum Gasteiger partial charge on any atom is 2.00 e. The van der Waals surface area contributed by atoms with Crippen molar-refractivity contribution in [2.24, 2.45) is 0 Å². The van der Waals surface area contributed by atoms with E-state index in [4.69, 9.17) is 0 Å². The Hall–Kier alpha value is 3.84. The number of hydrogen-bond donors (Lipinski definition) is 0. The molecule has 0 aliphatic carbocycles. The molecule has 0 heterocycles. The Morgan fingerprint density at radius 3 is 1.25 bits per heavy atom. The van der Waals surface area contributed by atoms with Crippen LogP contribution in [0, 0.1) is 0 Å². The molecule has 0 atom stereocenters. The molecule has 0 amide bonds. The molecular weight excluding hydrogens is 325 g/mol. The zero-order chi connectivity index (χ0) is 0. The number of hydrogen-bond acceptors (Lipinski definition) is 0. The van der Waals surface area contributed by atoms with Crippen molar-refractivity contribution in [3.63, 3.8) is 0 Å². The molecule has 0 saturated heterocycles. The summed E-state index contributed by atoms with van der Waals surface area (Å²) in [5.41, 5.74) is 0. The molecule has 4 heavy (non-hydrogen) atoms. The van der Waals surface area contributed by atoms with E-state index in [1.54, 1.807) is 0 Å². The van der Waals surface area contributed by atoms with Gasteiger partial charge in [0.2, 0.25) is 0 Å². The topological polar surface area (TPSA) is 0 Å². The predicted molar refractivity (Wildman–Crippen MR) is 18.8 cm³/mol. The molecule has 0 aliphatic rings. The van der Waals surface area contributed by atoms with Crippen LogP contribution in [-0.4, -0.2) is 48.9 Å². The van der Waals surface area contributed by atoms with Crippen LogP contribution < -0.4 is 68.9 Å².